The summed E-state index contributed by atoms with van der Waals surface area (Å²) in [6, 6.07) is 0. The molecule has 0 aromatic carbocycles. The molecule has 0 aromatic heterocycles. The Labute approximate surface area is 69.2 Å². The highest BCUT2D eigenvalue weighted by atomic mass is 16.3. The topological polar surface area (TPSA) is 23.5 Å². The van der Waals surface area contributed by atoms with Gasteiger partial charge in [-0.25, -0.2) is 0 Å². The first-order valence-corrected chi connectivity index (χ1v) is 4.51. The molecule has 1 rings (SSSR count). The standard InChI is InChI=1S/C9H19NO/c1-8-5-9(3-4-11)7-10(2)6-8/h8-9,11H,3-7H2,1-2H3. The van der Waals surface area contributed by atoms with Crippen LogP contribution >= 0.6 is 0 Å². The molecule has 2 unspecified atom stereocenters. The maximum absolute atomic E-state index is 8.77. The molecule has 0 aromatic rings. The third-order valence-corrected chi connectivity index (χ3v) is 2.47. The average Bonchev–Trinajstić information content (AvgIpc) is 1.85. The van der Waals surface area contributed by atoms with Gasteiger partial charge < -0.3 is 10.0 Å². The molecule has 1 aliphatic rings. The van der Waals surface area contributed by atoms with Crippen molar-refractivity contribution in [1.29, 1.82) is 0 Å². The summed E-state index contributed by atoms with van der Waals surface area (Å²) in [5, 5.41) is 8.77. The Bertz CT molecular complexity index is 106. The fraction of sp³-hybridized carbons (Fsp3) is 1.00. The lowest BCUT2D eigenvalue weighted by Crippen LogP contribution is -2.37. The molecule has 2 heteroatoms. The van der Waals surface area contributed by atoms with Crippen molar-refractivity contribution in [2.45, 2.75) is 19.8 Å². The summed E-state index contributed by atoms with van der Waals surface area (Å²) in [7, 11) is 2.17. The Morgan fingerprint density at radius 1 is 1.45 bits per heavy atom. The summed E-state index contributed by atoms with van der Waals surface area (Å²) in [5.74, 6) is 1.54. The molecule has 11 heavy (non-hydrogen) atoms. The van der Waals surface area contributed by atoms with E-state index in [4.69, 9.17) is 5.11 Å². The van der Waals surface area contributed by atoms with Crippen LogP contribution in [0.1, 0.15) is 19.8 Å². The van der Waals surface area contributed by atoms with Gasteiger partial charge in [-0.05, 0) is 31.7 Å². The van der Waals surface area contributed by atoms with Gasteiger partial charge in [-0.3, -0.25) is 0 Å². The smallest absolute Gasteiger partial charge is 0.0434 e. The lowest BCUT2D eigenvalue weighted by Gasteiger charge is -2.33. The zero-order valence-electron chi connectivity index (χ0n) is 7.58. The zero-order chi connectivity index (χ0) is 8.27. The fourth-order valence-corrected chi connectivity index (χ4v) is 2.16. The van der Waals surface area contributed by atoms with E-state index >= 15 is 0 Å². The summed E-state index contributed by atoms with van der Waals surface area (Å²) in [6.45, 7) is 5.04. The van der Waals surface area contributed by atoms with Crippen LogP contribution in [0.25, 0.3) is 0 Å². The Hall–Kier alpha value is -0.0800. The van der Waals surface area contributed by atoms with Crippen molar-refractivity contribution >= 4 is 0 Å². The largest absolute Gasteiger partial charge is 0.396 e. The van der Waals surface area contributed by atoms with Gasteiger partial charge in [0.15, 0.2) is 0 Å². The molecule has 0 bridgehead atoms. The second-order valence-corrected chi connectivity index (χ2v) is 3.94. The monoisotopic (exact) mass is 157 g/mol. The highest BCUT2D eigenvalue weighted by Crippen LogP contribution is 2.22. The van der Waals surface area contributed by atoms with E-state index in [1.54, 1.807) is 0 Å². The van der Waals surface area contributed by atoms with Crippen LogP contribution in [0.2, 0.25) is 0 Å². The van der Waals surface area contributed by atoms with Gasteiger partial charge in [-0.15, -0.1) is 0 Å². The summed E-state index contributed by atoms with van der Waals surface area (Å²) >= 11 is 0. The molecule has 2 atom stereocenters. The number of piperidine rings is 1. The summed E-state index contributed by atoms with van der Waals surface area (Å²) in [5.41, 5.74) is 0. The van der Waals surface area contributed by atoms with Gasteiger partial charge in [0.2, 0.25) is 0 Å². The van der Waals surface area contributed by atoms with Gasteiger partial charge >= 0.3 is 0 Å². The molecule has 1 N–H and O–H groups in total. The quantitative estimate of drug-likeness (QED) is 0.645. The predicted molar refractivity (Wildman–Crippen MR) is 46.5 cm³/mol. The Kier molecular flexibility index (Phi) is 3.34. The molecule has 1 aliphatic heterocycles. The Morgan fingerprint density at radius 2 is 2.18 bits per heavy atom. The van der Waals surface area contributed by atoms with Crippen molar-refractivity contribution in [3.8, 4) is 0 Å². The number of hydrogen-bond donors (Lipinski definition) is 1. The molecule has 0 amide bonds. The second-order valence-electron chi connectivity index (χ2n) is 3.94. The van der Waals surface area contributed by atoms with E-state index < -0.39 is 0 Å². The van der Waals surface area contributed by atoms with Crippen molar-refractivity contribution in [3.05, 3.63) is 0 Å². The van der Waals surface area contributed by atoms with Crippen molar-refractivity contribution < 1.29 is 5.11 Å². The maximum atomic E-state index is 8.77. The molecule has 0 aliphatic carbocycles. The van der Waals surface area contributed by atoms with Crippen LogP contribution in [-0.4, -0.2) is 36.8 Å². The molecule has 0 spiro atoms. The molecule has 1 heterocycles. The van der Waals surface area contributed by atoms with Crippen molar-refractivity contribution in [2.75, 3.05) is 26.7 Å². The minimum Gasteiger partial charge on any atom is -0.396 e. The second kappa shape index (κ2) is 4.07. The third-order valence-electron chi connectivity index (χ3n) is 2.47. The van der Waals surface area contributed by atoms with Gasteiger partial charge in [-0.2, -0.15) is 0 Å². The first-order chi connectivity index (χ1) is 5.22. The van der Waals surface area contributed by atoms with Crippen molar-refractivity contribution in [1.82, 2.24) is 4.90 Å². The minimum absolute atomic E-state index is 0.352. The van der Waals surface area contributed by atoms with E-state index in [-0.39, 0.29) is 0 Å². The van der Waals surface area contributed by atoms with Gasteiger partial charge in [0.1, 0.15) is 0 Å². The number of hydrogen-bond acceptors (Lipinski definition) is 2. The predicted octanol–water partition coefficient (Wildman–Crippen LogP) is 0.957. The molecule has 0 saturated carbocycles. The van der Waals surface area contributed by atoms with Gasteiger partial charge in [0.25, 0.3) is 0 Å². The number of rotatable bonds is 2. The minimum atomic E-state index is 0.352. The number of aliphatic hydroxyl groups is 1. The normalized spacial score (nSPS) is 34.1. The Morgan fingerprint density at radius 3 is 2.73 bits per heavy atom. The van der Waals surface area contributed by atoms with E-state index in [1.165, 1.54) is 19.5 Å². The molecule has 0 radical (unpaired) electrons. The fourth-order valence-electron chi connectivity index (χ4n) is 2.16. The lowest BCUT2D eigenvalue weighted by molar-refractivity contribution is 0.135. The van der Waals surface area contributed by atoms with E-state index in [2.05, 4.69) is 18.9 Å². The van der Waals surface area contributed by atoms with Gasteiger partial charge in [0, 0.05) is 19.7 Å². The maximum Gasteiger partial charge on any atom is 0.0434 e. The van der Waals surface area contributed by atoms with Crippen LogP contribution in [0.4, 0.5) is 0 Å². The van der Waals surface area contributed by atoms with E-state index in [0.29, 0.717) is 6.61 Å². The van der Waals surface area contributed by atoms with Gasteiger partial charge in [0.05, 0.1) is 0 Å². The van der Waals surface area contributed by atoms with Crippen molar-refractivity contribution in [2.24, 2.45) is 11.8 Å². The van der Waals surface area contributed by atoms with E-state index in [0.717, 1.165) is 18.3 Å². The highest BCUT2D eigenvalue weighted by molar-refractivity contribution is 4.74. The Balaban J connectivity index is 2.30. The van der Waals surface area contributed by atoms with E-state index in [9.17, 15) is 0 Å². The van der Waals surface area contributed by atoms with Crippen LogP contribution in [0.5, 0.6) is 0 Å². The van der Waals surface area contributed by atoms with Crippen LogP contribution < -0.4 is 0 Å². The number of aliphatic hydroxyl groups excluding tert-OH is 1. The molecule has 2 nitrogen and oxygen atoms in total. The summed E-state index contributed by atoms with van der Waals surface area (Å²) in [6.07, 6.45) is 2.28. The van der Waals surface area contributed by atoms with Crippen LogP contribution in [0, 0.1) is 11.8 Å². The molecular formula is C9H19NO. The zero-order valence-corrected chi connectivity index (χ0v) is 7.58. The SMILES string of the molecule is CC1CC(CCO)CN(C)C1. The molecule has 66 valence electrons. The molecule has 1 saturated heterocycles. The number of likely N-dealkylation sites (tertiary alicyclic amines) is 1. The van der Waals surface area contributed by atoms with E-state index in [1.807, 2.05) is 0 Å². The first-order valence-electron chi connectivity index (χ1n) is 4.51. The summed E-state index contributed by atoms with van der Waals surface area (Å²) in [4.78, 5) is 2.37. The highest BCUT2D eigenvalue weighted by Gasteiger charge is 2.21. The van der Waals surface area contributed by atoms with Gasteiger partial charge in [-0.1, -0.05) is 6.92 Å². The van der Waals surface area contributed by atoms with Crippen LogP contribution in [-0.2, 0) is 0 Å². The third kappa shape index (κ3) is 2.80. The molecule has 1 fully saturated rings. The summed E-state index contributed by atoms with van der Waals surface area (Å²) < 4.78 is 0. The number of nitrogens with zero attached hydrogens (tertiary/aromatic N) is 1. The first kappa shape index (κ1) is 9.01. The van der Waals surface area contributed by atoms with Crippen molar-refractivity contribution in [3.63, 3.8) is 0 Å². The van der Waals surface area contributed by atoms with Crippen LogP contribution in [0.3, 0.4) is 0 Å². The average molecular weight is 157 g/mol. The lowest BCUT2D eigenvalue weighted by atomic mass is 9.89. The molecular weight excluding hydrogens is 138 g/mol. The van der Waals surface area contributed by atoms with Crippen LogP contribution in [0.15, 0.2) is 0 Å².